The lowest BCUT2D eigenvalue weighted by atomic mass is 9.90. The Bertz CT molecular complexity index is 273. The molecule has 0 radical (unpaired) electrons. The van der Waals surface area contributed by atoms with Crippen LogP contribution in [0.1, 0.15) is 40.0 Å². The lowest BCUT2D eigenvalue weighted by Crippen LogP contribution is -2.33. The van der Waals surface area contributed by atoms with Gasteiger partial charge in [0.2, 0.25) is 0 Å². The smallest absolute Gasteiger partial charge is 0.106 e. The number of allylic oxidation sites excluding steroid dienone is 1. The van der Waals surface area contributed by atoms with Crippen molar-refractivity contribution in [2.75, 3.05) is 0 Å². The van der Waals surface area contributed by atoms with Gasteiger partial charge < -0.3 is 4.74 Å². The summed E-state index contributed by atoms with van der Waals surface area (Å²) >= 11 is 0. The molecule has 1 unspecified atom stereocenters. The van der Waals surface area contributed by atoms with E-state index in [1.165, 1.54) is 18.4 Å². The summed E-state index contributed by atoms with van der Waals surface area (Å²) in [5.74, 6) is 0. The van der Waals surface area contributed by atoms with Gasteiger partial charge in [-0.1, -0.05) is 12.2 Å². The molecule has 0 fully saturated rings. The molecular weight excluding hydrogens is 160 g/mol. The first-order chi connectivity index (χ1) is 6.04. The fourth-order valence-corrected chi connectivity index (χ4v) is 2.19. The van der Waals surface area contributed by atoms with E-state index >= 15 is 0 Å². The van der Waals surface area contributed by atoms with Crippen molar-refractivity contribution < 1.29 is 4.74 Å². The SMILES string of the molecule is CC1=CC2(C=CCCC2)OC1(C)C. The van der Waals surface area contributed by atoms with Gasteiger partial charge in [-0.05, 0) is 51.7 Å². The molecule has 2 aliphatic rings. The second kappa shape index (κ2) is 2.71. The molecule has 0 bridgehead atoms. The summed E-state index contributed by atoms with van der Waals surface area (Å²) in [6, 6.07) is 0. The minimum atomic E-state index is -0.0678. The molecule has 1 aliphatic carbocycles. The topological polar surface area (TPSA) is 9.23 Å². The Balaban J connectivity index is 2.29. The molecule has 0 aromatic rings. The normalized spacial score (nSPS) is 36.7. The maximum Gasteiger partial charge on any atom is 0.106 e. The molecule has 0 amide bonds. The molecule has 0 saturated carbocycles. The minimum absolute atomic E-state index is 0.0637. The van der Waals surface area contributed by atoms with Gasteiger partial charge in [0.1, 0.15) is 5.60 Å². The quantitative estimate of drug-likeness (QED) is 0.517. The Kier molecular flexibility index (Phi) is 1.88. The van der Waals surface area contributed by atoms with E-state index in [-0.39, 0.29) is 11.2 Å². The standard InChI is InChI=1S/C12H18O/c1-10-9-12(13-11(10,2)3)7-5-4-6-8-12/h5,7,9H,4,6,8H2,1-3H3. The molecule has 1 heterocycles. The van der Waals surface area contributed by atoms with Gasteiger partial charge in [-0.3, -0.25) is 0 Å². The number of hydrogen-bond donors (Lipinski definition) is 0. The molecule has 0 aromatic carbocycles. The molecule has 1 atom stereocenters. The summed E-state index contributed by atoms with van der Waals surface area (Å²) in [6.07, 6.45) is 10.4. The van der Waals surface area contributed by atoms with Crippen molar-refractivity contribution in [2.45, 2.75) is 51.2 Å². The van der Waals surface area contributed by atoms with Crippen molar-refractivity contribution >= 4 is 0 Å². The fraction of sp³-hybridized carbons (Fsp3) is 0.667. The highest BCUT2D eigenvalue weighted by atomic mass is 16.5. The maximum absolute atomic E-state index is 6.11. The van der Waals surface area contributed by atoms with Gasteiger partial charge in [-0.15, -0.1) is 0 Å². The summed E-state index contributed by atoms with van der Waals surface area (Å²) in [5.41, 5.74) is 1.23. The van der Waals surface area contributed by atoms with E-state index in [0.717, 1.165) is 6.42 Å². The van der Waals surface area contributed by atoms with Crippen molar-refractivity contribution in [3.05, 3.63) is 23.8 Å². The van der Waals surface area contributed by atoms with Crippen molar-refractivity contribution in [2.24, 2.45) is 0 Å². The zero-order valence-electron chi connectivity index (χ0n) is 8.76. The predicted molar refractivity (Wildman–Crippen MR) is 54.6 cm³/mol. The van der Waals surface area contributed by atoms with Crippen LogP contribution in [0, 0.1) is 0 Å². The molecule has 13 heavy (non-hydrogen) atoms. The van der Waals surface area contributed by atoms with E-state index in [4.69, 9.17) is 4.74 Å². The molecule has 0 N–H and O–H groups in total. The number of hydrogen-bond acceptors (Lipinski definition) is 1. The number of ether oxygens (including phenoxy) is 1. The monoisotopic (exact) mass is 178 g/mol. The third-order valence-corrected chi connectivity index (χ3v) is 3.19. The zero-order chi connectivity index (χ0) is 9.53. The third-order valence-electron chi connectivity index (χ3n) is 3.19. The molecule has 0 aromatic heterocycles. The molecule has 0 saturated heterocycles. The van der Waals surface area contributed by atoms with Crippen LogP contribution in [-0.4, -0.2) is 11.2 Å². The van der Waals surface area contributed by atoms with E-state index in [1.807, 2.05) is 0 Å². The lowest BCUT2D eigenvalue weighted by Gasteiger charge is -2.31. The first-order valence-electron chi connectivity index (χ1n) is 5.12. The summed E-state index contributed by atoms with van der Waals surface area (Å²) in [6.45, 7) is 6.46. The van der Waals surface area contributed by atoms with E-state index in [9.17, 15) is 0 Å². The molecule has 72 valence electrons. The lowest BCUT2D eigenvalue weighted by molar-refractivity contribution is -0.0529. The van der Waals surface area contributed by atoms with E-state index in [0.29, 0.717) is 0 Å². The predicted octanol–water partition coefficient (Wildman–Crippen LogP) is 3.22. The molecule has 1 spiro atoms. The summed E-state index contributed by atoms with van der Waals surface area (Å²) in [5, 5.41) is 0. The summed E-state index contributed by atoms with van der Waals surface area (Å²) in [4.78, 5) is 0. The minimum Gasteiger partial charge on any atom is -0.357 e. The first kappa shape index (κ1) is 9.01. The van der Waals surface area contributed by atoms with Gasteiger partial charge in [0.15, 0.2) is 0 Å². The molecular formula is C12H18O. The van der Waals surface area contributed by atoms with Crippen LogP contribution in [0.15, 0.2) is 23.8 Å². The van der Waals surface area contributed by atoms with Crippen molar-refractivity contribution in [3.63, 3.8) is 0 Å². The Hall–Kier alpha value is -0.560. The first-order valence-corrected chi connectivity index (χ1v) is 5.12. The Morgan fingerprint density at radius 2 is 2.15 bits per heavy atom. The highest BCUT2D eigenvalue weighted by Crippen LogP contribution is 2.41. The largest absolute Gasteiger partial charge is 0.357 e. The van der Waals surface area contributed by atoms with Crippen LogP contribution in [0.2, 0.25) is 0 Å². The highest BCUT2D eigenvalue weighted by molar-refractivity contribution is 5.30. The van der Waals surface area contributed by atoms with Crippen molar-refractivity contribution in [3.8, 4) is 0 Å². The van der Waals surface area contributed by atoms with Crippen molar-refractivity contribution in [1.29, 1.82) is 0 Å². The van der Waals surface area contributed by atoms with Crippen LogP contribution >= 0.6 is 0 Å². The van der Waals surface area contributed by atoms with Gasteiger partial charge in [0, 0.05) is 0 Å². The van der Waals surface area contributed by atoms with Gasteiger partial charge in [0.05, 0.1) is 5.60 Å². The summed E-state index contributed by atoms with van der Waals surface area (Å²) < 4.78 is 6.11. The highest BCUT2D eigenvalue weighted by Gasteiger charge is 2.41. The average molecular weight is 178 g/mol. The maximum atomic E-state index is 6.11. The van der Waals surface area contributed by atoms with Gasteiger partial charge in [-0.2, -0.15) is 0 Å². The van der Waals surface area contributed by atoms with Gasteiger partial charge in [0.25, 0.3) is 0 Å². The fourth-order valence-electron chi connectivity index (χ4n) is 2.19. The number of rotatable bonds is 0. The Labute approximate surface area is 80.5 Å². The van der Waals surface area contributed by atoms with E-state index in [1.54, 1.807) is 0 Å². The second-order valence-corrected chi connectivity index (χ2v) is 4.69. The molecule has 1 aliphatic heterocycles. The Morgan fingerprint density at radius 3 is 2.62 bits per heavy atom. The Morgan fingerprint density at radius 1 is 1.38 bits per heavy atom. The van der Waals surface area contributed by atoms with E-state index < -0.39 is 0 Å². The van der Waals surface area contributed by atoms with Crippen LogP contribution < -0.4 is 0 Å². The van der Waals surface area contributed by atoms with Crippen LogP contribution in [-0.2, 0) is 4.74 Å². The van der Waals surface area contributed by atoms with Gasteiger partial charge in [-0.25, -0.2) is 0 Å². The van der Waals surface area contributed by atoms with Crippen LogP contribution in [0.3, 0.4) is 0 Å². The molecule has 1 nitrogen and oxygen atoms in total. The van der Waals surface area contributed by atoms with Crippen LogP contribution in [0.5, 0.6) is 0 Å². The zero-order valence-corrected chi connectivity index (χ0v) is 8.76. The van der Waals surface area contributed by atoms with Crippen LogP contribution in [0.25, 0.3) is 0 Å². The van der Waals surface area contributed by atoms with Crippen LogP contribution in [0.4, 0.5) is 0 Å². The average Bonchev–Trinajstić information content (AvgIpc) is 2.23. The second-order valence-electron chi connectivity index (χ2n) is 4.69. The molecule has 2 rings (SSSR count). The van der Waals surface area contributed by atoms with Crippen molar-refractivity contribution in [1.82, 2.24) is 0 Å². The van der Waals surface area contributed by atoms with E-state index in [2.05, 4.69) is 39.0 Å². The molecule has 1 heteroatoms. The third kappa shape index (κ3) is 1.46. The van der Waals surface area contributed by atoms with Gasteiger partial charge >= 0.3 is 0 Å². The summed E-state index contributed by atoms with van der Waals surface area (Å²) in [7, 11) is 0.